The third kappa shape index (κ3) is 9.28. The highest BCUT2D eigenvalue weighted by Crippen LogP contribution is 2.33. The van der Waals surface area contributed by atoms with Crippen molar-refractivity contribution in [2.45, 2.75) is 25.4 Å². The molecule has 0 radical (unpaired) electrons. The lowest BCUT2D eigenvalue weighted by Crippen LogP contribution is -2.32. The van der Waals surface area contributed by atoms with Gasteiger partial charge in [-0.2, -0.15) is 26.3 Å². The number of benzene rings is 1. The van der Waals surface area contributed by atoms with E-state index in [-0.39, 0.29) is 17.6 Å². The van der Waals surface area contributed by atoms with Crippen LogP contribution >= 0.6 is 0 Å². The molecular formula is C23H22F7N3O5. The van der Waals surface area contributed by atoms with Crippen molar-refractivity contribution in [1.82, 2.24) is 14.8 Å². The highest BCUT2D eigenvalue weighted by atomic mass is 19.4. The van der Waals surface area contributed by atoms with E-state index in [4.69, 9.17) is 19.8 Å². The molecule has 2 aliphatic rings. The van der Waals surface area contributed by atoms with E-state index >= 15 is 0 Å². The molecule has 0 saturated carbocycles. The molecule has 2 N–H and O–H groups in total. The van der Waals surface area contributed by atoms with Crippen molar-refractivity contribution in [3.8, 4) is 0 Å². The van der Waals surface area contributed by atoms with Crippen LogP contribution in [0.3, 0.4) is 0 Å². The normalized spacial score (nSPS) is 19.1. The maximum Gasteiger partial charge on any atom is 0.490 e. The number of nitrogens with zero attached hydrogens (tertiary/aromatic N) is 3. The van der Waals surface area contributed by atoms with E-state index in [0.29, 0.717) is 12.5 Å². The fourth-order valence-corrected chi connectivity index (χ4v) is 3.88. The van der Waals surface area contributed by atoms with Gasteiger partial charge >= 0.3 is 24.3 Å². The summed E-state index contributed by atoms with van der Waals surface area (Å²) in [6.45, 7) is 3.78. The van der Waals surface area contributed by atoms with E-state index in [1.54, 1.807) is 12.3 Å². The smallest absolute Gasteiger partial charge is 0.475 e. The molecular weight excluding hydrogens is 531 g/mol. The molecule has 0 aliphatic carbocycles. The molecule has 3 heterocycles. The minimum atomic E-state index is -5.08. The van der Waals surface area contributed by atoms with Crippen molar-refractivity contribution in [2.24, 2.45) is 11.8 Å². The predicted octanol–water partition coefficient (Wildman–Crippen LogP) is 3.58. The lowest BCUT2D eigenvalue weighted by Gasteiger charge is -2.21. The van der Waals surface area contributed by atoms with Crippen LogP contribution < -0.4 is 0 Å². The van der Waals surface area contributed by atoms with Crippen molar-refractivity contribution in [3.05, 3.63) is 65.7 Å². The average Bonchev–Trinajstić information content (AvgIpc) is 3.32. The van der Waals surface area contributed by atoms with Gasteiger partial charge in [0.25, 0.3) is 0 Å². The van der Waals surface area contributed by atoms with Gasteiger partial charge in [-0.3, -0.25) is 14.7 Å². The van der Waals surface area contributed by atoms with Gasteiger partial charge < -0.3 is 15.1 Å². The van der Waals surface area contributed by atoms with Crippen LogP contribution in [-0.2, 0) is 27.5 Å². The number of amides is 1. The summed E-state index contributed by atoms with van der Waals surface area (Å²) in [5.41, 5.74) is 1.90. The Labute approximate surface area is 211 Å². The molecule has 2 saturated heterocycles. The second-order valence-electron chi connectivity index (χ2n) is 8.34. The number of hydrogen-bond acceptors (Lipinski definition) is 5. The fourth-order valence-electron chi connectivity index (χ4n) is 3.88. The van der Waals surface area contributed by atoms with E-state index in [9.17, 15) is 35.5 Å². The minimum absolute atomic E-state index is 0.0715. The molecule has 8 nitrogen and oxygen atoms in total. The Bertz CT molecular complexity index is 1090. The zero-order valence-corrected chi connectivity index (χ0v) is 19.4. The quantitative estimate of drug-likeness (QED) is 0.557. The molecule has 1 aromatic carbocycles. The summed E-state index contributed by atoms with van der Waals surface area (Å²) < 4.78 is 76.8. The van der Waals surface area contributed by atoms with Crippen LogP contribution in [0.25, 0.3) is 0 Å². The third-order valence-corrected chi connectivity index (χ3v) is 5.46. The highest BCUT2D eigenvalue weighted by Gasteiger charge is 2.46. The molecule has 2 aromatic rings. The van der Waals surface area contributed by atoms with E-state index in [0.717, 1.165) is 37.4 Å². The molecule has 0 unspecified atom stereocenters. The van der Waals surface area contributed by atoms with Gasteiger partial charge in [0, 0.05) is 44.8 Å². The SMILES string of the molecule is O=C(O)C(F)(F)F.O=C(O)C(F)(F)F.O=C1[C@H]2CN(Cc3ccccn3)C[C@H]2CN1Cc1cccc(F)c1. The van der Waals surface area contributed by atoms with Gasteiger partial charge in [0.2, 0.25) is 5.91 Å². The van der Waals surface area contributed by atoms with Crippen LogP contribution in [0, 0.1) is 17.7 Å². The molecule has 208 valence electrons. The molecule has 0 bridgehead atoms. The average molecular weight is 553 g/mol. The minimum Gasteiger partial charge on any atom is -0.475 e. The number of pyridine rings is 1. The first kappa shape index (κ1) is 30.5. The number of alkyl halides is 6. The Kier molecular flexibility index (Phi) is 10.2. The Balaban J connectivity index is 0.000000301. The number of fused-ring (bicyclic) bond motifs is 1. The summed E-state index contributed by atoms with van der Waals surface area (Å²) in [5, 5.41) is 14.2. The van der Waals surface area contributed by atoms with Crippen LogP contribution in [0.4, 0.5) is 30.7 Å². The first-order valence-electron chi connectivity index (χ1n) is 10.8. The van der Waals surface area contributed by atoms with E-state index < -0.39 is 24.3 Å². The lowest BCUT2D eigenvalue weighted by molar-refractivity contribution is -0.193. The number of carbonyl (C=O) groups excluding carboxylic acids is 1. The summed E-state index contributed by atoms with van der Waals surface area (Å²) in [7, 11) is 0. The first-order chi connectivity index (χ1) is 17.6. The number of aromatic nitrogens is 1. The monoisotopic (exact) mass is 553 g/mol. The first-order valence-corrected chi connectivity index (χ1v) is 10.8. The number of likely N-dealkylation sites (tertiary alicyclic amines) is 2. The van der Waals surface area contributed by atoms with Gasteiger partial charge in [-0.1, -0.05) is 18.2 Å². The topological polar surface area (TPSA) is 111 Å². The third-order valence-electron chi connectivity index (χ3n) is 5.46. The van der Waals surface area contributed by atoms with E-state index in [2.05, 4.69) is 9.88 Å². The molecule has 2 aliphatic heterocycles. The maximum atomic E-state index is 13.3. The zero-order valence-electron chi connectivity index (χ0n) is 19.4. The predicted molar refractivity (Wildman–Crippen MR) is 116 cm³/mol. The molecule has 1 aromatic heterocycles. The van der Waals surface area contributed by atoms with Crippen molar-refractivity contribution in [3.63, 3.8) is 0 Å². The highest BCUT2D eigenvalue weighted by molar-refractivity contribution is 5.82. The number of rotatable bonds is 4. The Morgan fingerprint density at radius 1 is 0.895 bits per heavy atom. The molecule has 38 heavy (non-hydrogen) atoms. The molecule has 2 atom stereocenters. The van der Waals surface area contributed by atoms with Gasteiger partial charge in [0.1, 0.15) is 5.82 Å². The van der Waals surface area contributed by atoms with Crippen LogP contribution in [0.2, 0.25) is 0 Å². The number of aliphatic carboxylic acids is 2. The van der Waals surface area contributed by atoms with E-state index in [1.165, 1.54) is 12.1 Å². The lowest BCUT2D eigenvalue weighted by atomic mass is 10.0. The van der Waals surface area contributed by atoms with Gasteiger partial charge in [-0.15, -0.1) is 0 Å². The summed E-state index contributed by atoms with van der Waals surface area (Å²) in [4.78, 5) is 39.0. The van der Waals surface area contributed by atoms with Crippen molar-refractivity contribution < 1.29 is 55.3 Å². The number of hydrogen-bond donors (Lipinski definition) is 2. The molecule has 15 heteroatoms. The largest absolute Gasteiger partial charge is 0.490 e. The second-order valence-corrected chi connectivity index (χ2v) is 8.34. The van der Waals surface area contributed by atoms with Crippen LogP contribution in [-0.4, -0.2) is 74.8 Å². The number of carboxylic acids is 2. The summed E-state index contributed by atoms with van der Waals surface area (Å²) in [6, 6.07) is 12.4. The summed E-state index contributed by atoms with van der Waals surface area (Å²) in [5.74, 6) is -5.12. The molecule has 4 rings (SSSR count). The zero-order chi connectivity index (χ0) is 28.7. The number of carboxylic acid groups (broad SMARTS) is 2. The Hall–Kier alpha value is -3.75. The van der Waals surface area contributed by atoms with Crippen LogP contribution in [0.1, 0.15) is 11.3 Å². The van der Waals surface area contributed by atoms with Gasteiger partial charge in [-0.25, -0.2) is 14.0 Å². The number of carbonyl (C=O) groups is 3. The molecule has 0 spiro atoms. The second kappa shape index (κ2) is 12.7. The fraction of sp³-hybridized carbons (Fsp3) is 0.391. The summed E-state index contributed by atoms with van der Waals surface area (Å²) >= 11 is 0. The van der Waals surface area contributed by atoms with Crippen LogP contribution in [0.5, 0.6) is 0 Å². The summed E-state index contributed by atoms with van der Waals surface area (Å²) in [6.07, 6.45) is -8.36. The van der Waals surface area contributed by atoms with Gasteiger partial charge in [-0.05, 0) is 29.8 Å². The Morgan fingerprint density at radius 3 is 1.97 bits per heavy atom. The molecule has 1 amide bonds. The van der Waals surface area contributed by atoms with Gasteiger partial charge in [0.15, 0.2) is 0 Å². The molecule has 2 fully saturated rings. The number of halogens is 7. The van der Waals surface area contributed by atoms with Gasteiger partial charge in [0.05, 0.1) is 11.6 Å². The Morgan fingerprint density at radius 2 is 1.50 bits per heavy atom. The van der Waals surface area contributed by atoms with Crippen molar-refractivity contribution in [2.75, 3.05) is 19.6 Å². The van der Waals surface area contributed by atoms with Crippen molar-refractivity contribution >= 4 is 17.8 Å². The maximum absolute atomic E-state index is 13.3. The van der Waals surface area contributed by atoms with E-state index in [1.807, 2.05) is 29.2 Å². The van der Waals surface area contributed by atoms with Crippen LogP contribution in [0.15, 0.2) is 48.7 Å². The standard InChI is InChI=1S/C19H20FN3O.2C2HF3O2/c20-16-5-3-4-14(8-16)9-23-11-15-10-22(13-18(15)19(23)24)12-17-6-1-2-7-21-17;2*3-2(4,5)1(6)7/h1-8,15,18H,9-13H2;2*(H,6,7)/t15-,18-;;/m0../s1. The van der Waals surface area contributed by atoms with Crippen molar-refractivity contribution in [1.29, 1.82) is 0 Å².